The number of nitrogens with zero attached hydrogens (tertiary/aromatic N) is 2. The average molecular weight is 363 g/mol. The van der Waals surface area contributed by atoms with Crippen LogP contribution in [-0.4, -0.2) is 33.1 Å². The van der Waals surface area contributed by atoms with Crippen molar-refractivity contribution in [1.82, 2.24) is 9.88 Å². The molecule has 126 valence electrons. The van der Waals surface area contributed by atoms with Crippen LogP contribution in [0.1, 0.15) is 41.2 Å². The monoisotopic (exact) mass is 363 g/mol. The number of benzene rings is 1. The van der Waals surface area contributed by atoms with Gasteiger partial charge in [0.2, 0.25) is 0 Å². The summed E-state index contributed by atoms with van der Waals surface area (Å²) >= 11 is 3.06. The van der Waals surface area contributed by atoms with Gasteiger partial charge in [0.05, 0.1) is 9.88 Å². The zero-order valence-electron chi connectivity index (χ0n) is 13.3. The molecule has 24 heavy (non-hydrogen) atoms. The standard InChI is InChI=1S/C17H18FN3OS2/c1-17(19)21(7-8-23-17)16(22)13-14(11-3-2-4-12(18)9-11)24-15(20-13)10-5-6-10/h2-4,9-10H,5-8,19H2,1H3. The summed E-state index contributed by atoms with van der Waals surface area (Å²) in [6.07, 6.45) is 2.22. The van der Waals surface area contributed by atoms with Gasteiger partial charge in [0.1, 0.15) is 16.5 Å². The van der Waals surface area contributed by atoms with E-state index in [1.165, 1.54) is 23.5 Å². The van der Waals surface area contributed by atoms with Crippen LogP contribution >= 0.6 is 23.1 Å². The molecule has 7 heteroatoms. The Labute approximate surface area is 148 Å². The summed E-state index contributed by atoms with van der Waals surface area (Å²) in [5, 5.41) is 0.975. The second-order valence-corrected chi connectivity index (χ2v) is 8.93. The summed E-state index contributed by atoms with van der Waals surface area (Å²) in [4.78, 5) is 19.4. The Morgan fingerprint density at radius 2 is 2.25 bits per heavy atom. The Morgan fingerprint density at radius 3 is 2.88 bits per heavy atom. The molecule has 1 aromatic heterocycles. The predicted molar refractivity (Wildman–Crippen MR) is 95.6 cm³/mol. The maximum atomic E-state index is 13.7. The van der Waals surface area contributed by atoms with E-state index in [9.17, 15) is 9.18 Å². The van der Waals surface area contributed by atoms with Crippen LogP contribution < -0.4 is 5.73 Å². The molecule has 1 saturated heterocycles. The van der Waals surface area contributed by atoms with Crippen molar-refractivity contribution in [3.8, 4) is 10.4 Å². The van der Waals surface area contributed by atoms with E-state index in [0.29, 0.717) is 23.7 Å². The van der Waals surface area contributed by atoms with Gasteiger partial charge in [-0.1, -0.05) is 12.1 Å². The highest BCUT2D eigenvalue weighted by Gasteiger charge is 2.40. The minimum atomic E-state index is -0.723. The average Bonchev–Trinajstić information content (AvgIpc) is 3.19. The maximum Gasteiger partial charge on any atom is 0.276 e. The van der Waals surface area contributed by atoms with Gasteiger partial charge in [-0.05, 0) is 37.5 Å². The summed E-state index contributed by atoms with van der Waals surface area (Å²) < 4.78 is 13.7. The number of carbonyl (C=O) groups excluding carboxylic acids is 1. The second-order valence-electron chi connectivity index (χ2n) is 6.37. The van der Waals surface area contributed by atoms with Crippen LogP contribution in [0.4, 0.5) is 4.39 Å². The predicted octanol–water partition coefficient (Wildman–Crippen LogP) is 3.65. The molecule has 0 spiro atoms. The summed E-state index contributed by atoms with van der Waals surface area (Å²) in [7, 11) is 0. The fourth-order valence-corrected chi connectivity index (χ4v) is 5.13. The number of hydrogen-bond acceptors (Lipinski definition) is 5. The Morgan fingerprint density at radius 1 is 1.46 bits per heavy atom. The molecule has 2 aromatic rings. The number of thiazole rings is 1. The van der Waals surface area contributed by atoms with E-state index in [1.807, 2.05) is 13.0 Å². The molecule has 2 heterocycles. The normalized spacial score (nSPS) is 23.7. The molecule has 1 amide bonds. The van der Waals surface area contributed by atoms with Crippen LogP contribution in [0.15, 0.2) is 24.3 Å². The topological polar surface area (TPSA) is 59.2 Å². The smallest absolute Gasteiger partial charge is 0.276 e. The molecule has 0 radical (unpaired) electrons. The van der Waals surface area contributed by atoms with Gasteiger partial charge >= 0.3 is 0 Å². The van der Waals surface area contributed by atoms with Gasteiger partial charge < -0.3 is 10.6 Å². The van der Waals surface area contributed by atoms with Gasteiger partial charge in [-0.15, -0.1) is 23.1 Å². The van der Waals surface area contributed by atoms with Gasteiger partial charge in [-0.2, -0.15) is 0 Å². The van der Waals surface area contributed by atoms with Crippen molar-refractivity contribution in [2.45, 2.75) is 30.7 Å². The number of aromatic nitrogens is 1. The quantitative estimate of drug-likeness (QED) is 0.904. The lowest BCUT2D eigenvalue weighted by atomic mass is 10.1. The Bertz CT molecular complexity index is 801. The first kappa shape index (κ1) is 16.1. The van der Waals surface area contributed by atoms with E-state index in [1.54, 1.807) is 22.7 Å². The number of halogens is 1. The molecule has 1 unspecified atom stereocenters. The van der Waals surface area contributed by atoms with Gasteiger partial charge in [-0.25, -0.2) is 9.37 Å². The van der Waals surface area contributed by atoms with E-state index in [2.05, 4.69) is 4.98 Å². The second kappa shape index (κ2) is 5.82. The van der Waals surface area contributed by atoms with E-state index in [-0.39, 0.29) is 11.7 Å². The highest BCUT2D eigenvalue weighted by atomic mass is 32.2. The summed E-state index contributed by atoms with van der Waals surface area (Å²) in [6.45, 7) is 2.45. The molecule has 2 aliphatic rings. The molecule has 4 nitrogen and oxygen atoms in total. The Balaban J connectivity index is 1.78. The van der Waals surface area contributed by atoms with Crippen molar-refractivity contribution in [1.29, 1.82) is 0 Å². The van der Waals surface area contributed by atoms with Crippen molar-refractivity contribution in [3.05, 3.63) is 40.8 Å². The van der Waals surface area contributed by atoms with Crippen LogP contribution in [0, 0.1) is 5.82 Å². The minimum Gasteiger partial charge on any atom is -0.309 e. The lowest BCUT2D eigenvalue weighted by molar-refractivity contribution is 0.0693. The summed E-state index contributed by atoms with van der Waals surface area (Å²) in [6, 6.07) is 6.35. The third-order valence-corrected chi connectivity index (χ3v) is 6.81. The zero-order chi connectivity index (χ0) is 16.9. The van der Waals surface area contributed by atoms with E-state index in [4.69, 9.17) is 5.73 Å². The number of nitrogens with two attached hydrogens (primary N) is 1. The van der Waals surface area contributed by atoms with Gasteiger partial charge in [-0.3, -0.25) is 4.79 Å². The molecular weight excluding hydrogens is 345 g/mol. The molecule has 0 bridgehead atoms. The number of hydrogen-bond donors (Lipinski definition) is 1. The van der Waals surface area contributed by atoms with Gasteiger partial charge in [0.15, 0.2) is 0 Å². The van der Waals surface area contributed by atoms with Crippen molar-refractivity contribution in [2.75, 3.05) is 12.3 Å². The molecule has 1 aliphatic heterocycles. The van der Waals surface area contributed by atoms with Crippen LogP contribution in [0.5, 0.6) is 0 Å². The number of thioether (sulfide) groups is 1. The summed E-state index contributed by atoms with van der Waals surface area (Å²) in [5.74, 6) is 0.786. The molecule has 1 aliphatic carbocycles. The molecule has 1 atom stereocenters. The fourth-order valence-electron chi connectivity index (χ4n) is 2.89. The van der Waals surface area contributed by atoms with Crippen LogP contribution in [-0.2, 0) is 0 Å². The molecule has 2 N–H and O–H groups in total. The van der Waals surface area contributed by atoms with Crippen LogP contribution in [0.3, 0.4) is 0 Å². The third-order valence-electron chi connectivity index (χ3n) is 4.35. The SMILES string of the molecule is CC1(N)SCCN1C(=O)c1nc(C2CC2)sc1-c1cccc(F)c1. The zero-order valence-corrected chi connectivity index (χ0v) is 14.9. The first-order valence-corrected chi connectivity index (χ1v) is 9.77. The molecule has 1 saturated carbocycles. The maximum absolute atomic E-state index is 13.7. The lowest BCUT2D eigenvalue weighted by Crippen LogP contribution is -2.50. The van der Waals surface area contributed by atoms with Gasteiger partial charge in [0, 0.05) is 18.2 Å². The number of carbonyl (C=O) groups is 1. The molecule has 1 aromatic carbocycles. The van der Waals surface area contributed by atoms with E-state index in [0.717, 1.165) is 28.5 Å². The highest BCUT2D eigenvalue weighted by molar-refractivity contribution is 8.00. The summed E-state index contributed by atoms with van der Waals surface area (Å²) in [5.41, 5.74) is 7.35. The first-order valence-electron chi connectivity index (χ1n) is 7.97. The first-order chi connectivity index (χ1) is 11.5. The Kier molecular flexibility index (Phi) is 3.89. The Hall–Kier alpha value is -1.44. The molecular formula is C17H18FN3OS2. The lowest BCUT2D eigenvalue weighted by Gasteiger charge is -2.29. The number of amides is 1. The highest BCUT2D eigenvalue weighted by Crippen LogP contribution is 2.45. The molecule has 2 fully saturated rings. The minimum absolute atomic E-state index is 0.160. The van der Waals surface area contributed by atoms with E-state index >= 15 is 0 Å². The molecule has 4 rings (SSSR count). The van der Waals surface area contributed by atoms with Crippen molar-refractivity contribution < 1.29 is 9.18 Å². The fraction of sp³-hybridized carbons (Fsp3) is 0.412. The largest absolute Gasteiger partial charge is 0.309 e. The van der Waals surface area contributed by atoms with E-state index < -0.39 is 4.99 Å². The van der Waals surface area contributed by atoms with Crippen LogP contribution in [0.25, 0.3) is 10.4 Å². The van der Waals surface area contributed by atoms with Gasteiger partial charge in [0.25, 0.3) is 5.91 Å². The third kappa shape index (κ3) is 2.85. The van der Waals surface area contributed by atoms with Crippen molar-refractivity contribution in [2.24, 2.45) is 5.73 Å². The van der Waals surface area contributed by atoms with Crippen molar-refractivity contribution >= 4 is 29.0 Å². The van der Waals surface area contributed by atoms with Crippen molar-refractivity contribution in [3.63, 3.8) is 0 Å². The van der Waals surface area contributed by atoms with Crippen LogP contribution in [0.2, 0.25) is 0 Å². The number of rotatable bonds is 3.